The van der Waals surface area contributed by atoms with Crippen LogP contribution in [-0.2, 0) is 14.3 Å². The van der Waals surface area contributed by atoms with Crippen molar-refractivity contribution >= 4 is 17.9 Å². The van der Waals surface area contributed by atoms with E-state index in [1.165, 1.54) is 0 Å². The number of alkyl carbamates (subject to hydrolysis) is 1. The van der Waals surface area contributed by atoms with Crippen LogP contribution in [0.1, 0.15) is 66.7 Å². The van der Waals surface area contributed by atoms with Crippen molar-refractivity contribution in [2.75, 3.05) is 6.54 Å². The molecule has 3 amide bonds. The summed E-state index contributed by atoms with van der Waals surface area (Å²) in [5.74, 6) is -0.571. The molecule has 0 aromatic heterocycles. The van der Waals surface area contributed by atoms with Crippen LogP contribution in [0, 0.1) is 5.92 Å². The van der Waals surface area contributed by atoms with E-state index in [0.29, 0.717) is 25.8 Å². The highest BCUT2D eigenvalue weighted by atomic mass is 16.6. The largest absolute Gasteiger partial charge is 0.444 e. The Morgan fingerprint density at radius 2 is 1.68 bits per heavy atom. The van der Waals surface area contributed by atoms with E-state index in [1.807, 2.05) is 13.8 Å². The predicted molar refractivity (Wildman–Crippen MR) is 96.4 cm³/mol. The molecular weight excluding hydrogens is 324 g/mol. The number of hydrazine groups is 1. The maximum absolute atomic E-state index is 12.2. The molecule has 0 aliphatic heterocycles. The molecule has 0 saturated heterocycles. The molecule has 0 aromatic rings. The van der Waals surface area contributed by atoms with E-state index in [1.54, 1.807) is 20.8 Å². The zero-order valence-electron chi connectivity index (χ0n) is 16.1. The van der Waals surface area contributed by atoms with E-state index in [0.717, 1.165) is 12.8 Å². The van der Waals surface area contributed by atoms with Crippen molar-refractivity contribution in [2.24, 2.45) is 11.7 Å². The first-order chi connectivity index (χ1) is 11.5. The summed E-state index contributed by atoms with van der Waals surface area (Å²) in [4.78, 5) is 35.8. The molecule has 0 unspecified atom stereocenters. The van der Waals surface area contributed by atoms with Crippen LogP contribution in [0.15, 0.2) is 0 Å². The summed E-state index contributed by atoms with van der Waals surface area (Å²) in [6.45, 7) is 9.71. The maximum atomic E-state index is 12.2. The number of rotatable bonds is 9. The fourth-order valence-corrected chi connectivity index (χ4v) is 2.04. The Balaban J connectivity index is 4.44. The number of hydrogen-bond donors (Lipinski definition) is 4. The highest BCUT2D eigenvalue weighted by Gasteiger charge is 2.25. The van der Waals surface area contributed by atoms with Crippen LogP contribution in [0.4, 0.5) is 4.79 Å². The molecule has 0 radical (unpaired) electrons. The summed E-state index contributed by atoms with van der Waals surface area (Å²) in [6.07, 6.45) is 2.53. The normalized spacial score (nSPS) is 12.4. The van der Waals surface area contributed by atoms with Gasteiger partial charge >= 0.3 is 6.09 Å². The summed E-state index contributed by atoms with van der Waals surface area (Å²) in [5.41, 5.74) is 9.48. The number of nitrogens with two attached hydrogens (primary N) is 1. The number of ether oxygens (including phenoxy) is 1. The third-order valence-corrected chi connectivity index (χ3v) is 3.15. The lowest BCUT2D eigenvalue weighted by atomic mass is 10.0. The summed E-state index contributed by atoms with van der Waals surface area (Å²) >= 11 is 0. The lowest BCUT2D eigenvalue weighted by Gasteiger charge is -2.24. The Kier molecular flexibility index (Phi) is 10.8. The number of hydrogen-bond acceptors (Lipinski definition) is 5. The fourth-order valence-electron chi connectivity index (χ4n) is 2.04. The van der Waals surface area contributed by atoms with Crippen molar-refractivity contribution in [3.63, 3.8) is 0 Å². The number of nitrogens with one attached hydrogen (secondary N) is 3. The molecule has 25 heavy (non-hydrogen) atoms. The van der Waals surface area contributed by atoms with E-state index < -0.39 is 23.6 Å². The first-order valence-electron chi connectivity index (χ1n) is 8.83. The summed E-state index contributed by atoms with van der Waals surface area (Å²) in [6, 6.07) is -0.785. The summed E-state index contributed by atoms with van der Waals surface area (Å²) in [7, 11) is 0. The second-order valence-electron chi connectivity index (χ2n) is 7.47. The molecule has 0 fully saturated rings. The Labute approximate surface area is 150 Å². The second-order valence-corrected chi connectivity index (χ2v) is 7.47. The van der Waals surface area contributed by atoms with Crippen molar-refractivity contribution in [3.8, 4) is 0 Å². The van der Waals surface area contributed by atoms with Crippen LogP contribution >= 0.6 is 0 Å². The van der Waals surface area contributed by atoms with Crippen LogP contribution in [0.3, 0.4) is 0 Å². The quantitative estimate of drug-likeness (QED) is 0.368. The maximum Gasteiger partial charge on any atom is 0.408 e. The van der Waals surface area contributed by atoms with Gasteiger partial charge in [0.1, 0.15) is 11.6 Å². The van der Waals surface area contributed by atoms with Crippen LogP contribution in [0.5, 0.6) is 0 Å². The minimum Gasteiger partial charge on any atom is -0.444 e. The molecule has 0 rings (SSSR count). The minimum absolute atomic E-state index is 0.178. The molecule has 146 valence electrons. The molecule has 8 heteroatoms. The first kappa shape index (κ1) is 23.2. The third kappa shape index (κ3) is 13.2. The zero-order valence-corrected chi connectivity index (χ0v) is 16.1. The van der Waals surface area contributed by atoms with Crippen molar-refractivity contribution in [1.82, 2.24) is 16.2 Å². The molecule has 0 aromatic carbocycles. The smallest absolute Gasteiger partial charge is 0.408 e. The minimum atomic E-state index is -0.785. The number of unbranched alkanes of at least 4 members (excludes halogenated alkanes) is 2. The van der Waals surface area contributed by atoms with Crippen molar-refractivity contribution < 1.29 is 19.1 Å². The molecule has 0 bridgehead atoms. The van der Waals surface area contributed by atoms with E-state index in [9.17, 15) is 14.4 Å². The van der Waals surface area contributed by atoms with Gasteiger partial charge in [0.25, 0.3) is 5.91 Å². The van der Waals surface area contributed by atoms with Gasteiger partial charge in [0.15, 0.2) is 0 Å². The van der Waals surface area contributed by atoms with Crippen LogP contribution < -0.4 is 21.9 Å². The molecular formula is C17H34N4O4. The molecule has 0 heterocycles. The molecule has 0 aliphatic carbocycles. The monoisotopic (exact) mass is 358 g/mol. The van der Waals surface area contributed by atoms with Gasteiger partial charge in [-0.1, -0.05) is 20.3 Å². The van der Waals surface area contributed by atoms with Gasteiger partial charge < -0.3 is 15.8 Å². The van der Waals surface area contributed by atoms with Gasteiger partial charge in [-0.25, -0.2) is 4.79 Å². The standard InChI is InChI=1S/C17H34N4O4/c1-12(2)11-13(19-16(24)25-17(3,4)5)15(23)21-20-14(22)9-7-6-8-10-18/h12-13H,6-11,18H2,1-5H3,(H,19,24)(H,20,22)(H,21,23)/t13-/m1/s1. The van der Waals surface area contributed by atoms with Gasteiger partial charge in [-0.15, -0.1) is 0 Å². The number of amides is 3. The lowest BCUT2D eigenvalue weighted by molar-refractivity contribution is -0.130. The van der Waals surface area contributed by atoms with E-state index in [-0.39, 0.29) is 11.8 Å². The Morgan fingerprint density at radius 3 is 2.20 bits per heavy atom. The van der Waals surface area contributed by atoms with E-state index in [2.05, 4.69) is 16.2 Å². The van der Waals surface area contributed by atoms with Crippen molar-refractivity contribution in [1.29, 1.82) is 0 Å². The Hall–Kier alpha value is -1.83. The second kappa shape index (κ2) is 11.7. The van der Waals surface area contributed by atoms with Gasteiger partial charge in [0.05, 0.1) is 0 Å². The van der Waals surface area contributed by atoms with Crippen LogP contribution in [0.25, 0.3) is 0 Å². The molecule has 5 N–H and O–H groups in total. The van der Waals surface area contributed by atoms with Gasteiger partial charge in [-0.3, -0.25) is 20.4 Å². The van der Waals surface area contributed by atoms with Crippen LogP contribution in [0.2, 0.25) is 0 Å². The molecule has 0 spiro atoms. The van der Waals surface area contributed by atoms with Crippen molar-refractivity contribution in [2.45, 2.75) is 78.4 Å². The molecule has 1 atom stereocenters. The van der Waals surface area contributed by atoms with Gasteiger partial charge in [-0.05, 0) is 52.5 Å². The Morgan fingerprint density at radius 1 is 1.04 bits per heavy atom. The third-order valence-electron chi connectivity index (χ3n) is 3.15. The number of carbonyl (C=O) groups excluding carboxylic acids is 3. The summed E-state index contributed by atoms with van der Waals surface area (Å²) < 4.78 is 5.17. The highest BCUT2D eigenvalue weighted by molar-refractivity contribution is 5.87. The van der Waals surface area contributed by atoms with Gasteiger partial charge in [0, 0.05) is 6.42 Å². The number of carbonyl (C=O) groups is 3. The topological polar surface area (TPSA) is 123 Å². The average molecular weight is 358 g/mol. The molecule has 8 nitrogen and oxygen atoms in total. The van der Waals surface area contributed by atoms with Gasteiger partial charge in [0.2, 0.25) is 5.91 Å². The zero-order chi connectivity index (χ0) is 19.5. The summed E-state index contributed by atoms with van der Waals surface area (Å²) in [5, 5.41) is 2.55. The SMILES string of the molecule is CC(C)C[C@@H](NC(=O)OC(C)(C)C)C(=O)NNC(=O)CCCCCN. The highest BCUT2D eigenvalue weighted by Crippen LogP contribution is 2.09. The van der Waals surface area contributed by atoms with E-state index in [4.69, 9.17) is 10.5 Å². The van der Waals surface area contributed by atoms with Crippen molar-refractivity contribution in [3.05, 3.63) is 0 Å². The first-order valence-corrected chi connectivity index (χ1v) is 8.83. The average Bonchev–Trinajstić information content (AvgIpc) is 2.46. The van der Waals surface area contributed by atoms with Gasteiger partial charge in [-0.2, -0.15) is 0 Å². The molecule has 0 saturated carbocycles. The van der Waals surface area contributed by atoms with E-state index >= 15 is 0 Å². The Bertz CT molecular complexity index is 433. The van der Waals surface area contributed by atoms with Crippen LogP contribution in [-0.4, -0.2) is 36.1 Å². The fraction of sp³-hybridized carbons (Fsp3) is 0.824. The predicted octanol–water partition coefficient (Wildman–Crippen LogP) is 1.59. The lowest BCUT2D eigenvalue weighted by Crippen LogP contribution is -2.53. The molecule has 0 aliphatic rings.